The highest BCUT2D eigenvalue weighted by molar-refractivity contribution is 9.10. The minimum Gasteiger partial charge on any atom is -0.362 e. The number of nitrogens with one attached hydrogen (secondary N) is 2. The number of carbonyl (C=O) groups is 2. The summed E-state index contributed by atoms with van der Waals surface area (Å²) in [5.74, 6) is 0.158. The number of hydrogen-bond acceptors (Lipinski definition) is 6. The van der Waals surface area contributed by atoms with Crippen LogP contribution in [0.5, 0.6) is 0 Å². The molecule has 1 saturated heterocycles. The van der Waals surface area contributed by atoms with Crippen molar-refractivity contribution in [1.29, 1.82) is 0 Å². The molecule has 0 spiro atoms. The number of carbonyl (C=O) groups excluding carboxylic acids is 2. The maximum absolute atomic E-state index is 13.7. The predicted molar refractivity (Wildman–Crippen MR) is 209 cm³/mol. The number of rotatable bonds is 17. The van der Waals surface area contributed by atoms with Crippen molar-refractivity contribution in [2.24, 2.45) is 4.99 Å². The first kappa shape index (κ1) is 39.4. The number of allylic oxidation sites excluding steroid dienone is 2. The number of aryl methyl sites for hydroxylation is 1. The molecule has 2 heterocycles. The van der Waals surface area contributed by atoms with Crippen molar-refractivity contribution in [3.8, 4) is 0 Å². The number of hydrogen-bond donors (Lipinski definition) is 2. The lowest BCUT2D eigenvalue weighted by molar-refractivity contribution is -0.127. The van der Waals surface area contributed by atoms with Gasteiger partial charge in [-0.25, -0.2) is 4.79 Å². The normalized spacial score (nSPS) is 20.0. The summed E-state index contributed by atoms with van der Waals surface area (Å²) in [6.45, 7) is 9.49. The first-order chi connectivity index (χ1) is 23.8. The molecule has 1 aromatic rings. The van der Waals surface area contributed by atoms with E-state index >= 15 is 0 Å². The Labute approximate surface area is 312 Å². The van der Waals surface area contributed by atoms with Gasteiger partial charge in [0.05, 0.1) is 6.67 Å². The fourth-order valence-corrected chi connectivity index (χ4v) is 8.28. The number of aliphatic imine (C=N–C) groups is 1. The zero-order chi connectivity index (χ0) is 35.0. The van der Waals surface area contributed by atoms with Crippen LogP contribution in [0.3, 0.4) is 0 Å². The molecule has 9 nitrogen and oxygen atoms in total. The Bertz CT molecular complexity index is 1280. The Kier molecular flexibility index (Phi) is 17.0. The topological polar surface area (TPSA) is 83.5 Å². The Hall–Kier alpha value is -2.37. The third-order valence-corrected chi connectivity index (χ3v) is 11.0. The largest absolute Gasteiger partial charge is 0.362 e. The zero-order valence-corrected chi connectivity index (χ0v) is 33.2. The van der Waals surface area contributed by atoms with Crippen LogP contribution in [0.1, 0.15) is 95.1 Å². The third kappa shape index (κ3) is 12.1. The van der Waals surface area contributed by atoms with Gasteiger partial charge in [-0.3, -0.25) is 14.7 Å². The second-order valence-electron chi connectivity index (χ2n) is 13.7. The summed E-state index contributed by atoms with van der Waals surface area (Å²) in [6, 6.07) is 6.19. The fraction of sp³-hybridized carbons (Fsp3) is 0.658. The van der Waals surface area contributed by atoms with Crippen molar-refractivity contribution in [3.05, 3.63) is 58.0 Å². The molecule has 4 rings (SSSR count). The van der Waals surface area contributed by atoms with E-state index in [1.54, 1.807) is 4.90 Å². The van der Waals surface area contributed by atoms with Gasteiger partial charge >= 0.3 is 6.03 Å². The minimum atomic E-state index is -0.493. The summed E-state index contributed by atoms with van der Waals surface area (Å²) in [7, 11) is 2.06. The molecule has 1 saturated carbocycles. The molecule has 49 heavy (non-hydrogen) atoms. The quantitative estimate of drug-likeness (QED) is 0.0987. The Morgan fingerprint density at radius 2 is 1.90 bits per heavy atom. The number of amides is 3. The molecule has 0 aromatic heterocycles. The van der Waals surface area contributed by atoms with Crippen molar-refractivity contribution in [2.45, 2.75) is 102 Å². The minimum absolute atomic E-state index is 0.0441. The first-order valence-electron chi connectivity index (χ1n) is 18.6. The second-order valence-corrected chi connectivity index (χ2v) is 15.2. The summed E-state index contributed by atoms with van der Waals surface area (Å²) < 4.78 is 1.15. The molecule has 0 bridgehead atoms. The predicted octanol–water partition coefficient (Wildman–Crippen LogP) is 7.24. The molecule has 11 heteroatoms. The summed E-state index contributed by atoms with van der Waals surface area (Å²) >= 11 is 7.39. The van der Waals surface area contributed by atoms with E-state index in [0.29, 0.717) is 19.6 Å². The lowest BCUT2D eigenvalue weighted by atomic mass is 9.86. The van der Waals surface area contributed by atoms with Crippen molar-refractivity contribution in [3.63, 3.8) is 0 Å². The van der Waals surface area contributed by atoms with Crippen LogP contribution < -0.4 is 10.6 Å². The van der Waals surface area contributed by atoms with E-state index in [1.165, 1.54) is 17.5 Å². The van der Waals surface area contributed by atoms with E-state index in [-0.39, 0.29) is 23.9 Å². The van der Waals surface area contributed by atoms with Crippen LogP contribution in [0, 0.1) is 0 Å². The highest BCUT2D eigenvalue weighted by Gasteiger charge is 2.36. The smallest absolute Gasteiger partial charge is 0.318 e. The Morgan fingerprint density at radius 1 is 1.08 bits per heavy atom. The lowest BCUT2D eigenvalue weighted by Gasteiger charge is -2.41. The monoisotopic (exact) mass is 803 g/mol. The Morgan fingerprint density at radius 3 is 2.61 bits per heavy atom. The van der Waals surface area contributed by atoms with Crippen LogP contribution in [-0.4, -0.2) is 108 Å². The maximum atomic E-state index is 13.7. The molecule has 1 aliphatic carbocycles. The van der Waals surface area contributed by atoms with Gasteiger partial charge in [0.15, 0.2) is 0 Å². The van der Waals surface area contributed by atoms with E-state index in [0.717, 1.165) is 106 Å². The summed E-state index contributed by atoms with van der Waals surface area (Å²) in [4.78, 5) is 40.6. The number of nitrogens with zero attached hydrogens (tertiary/aromatic N) is 5. The van der Waals surface area contributed by atoms with Crippen molar-refractivity contribution in [1.82, 2.24) is 30.2 Å². The van der Waals surface area contributed by atoms with E-state index < -0.39 is 6.04 Å². The number of unbranched alkanes of at least 4 members (excludes halogenated alkanes) is 1. The van der Waals surface area contributed by atoms with Crippen LogP contribution in [0.25, 0.3) is 0 Å². The molecule has 2 aliphatic heterocycles. The van der Waals surface area contributed by atoms with E-state index in [4.69, 9.17) is 4.99 Å². The van der Waals surface area contributed by atoms with Gasteiger partial charge in [0.2, 0.25) is 5.91 Å². The second kappa shape index (κ2) is 21.1. The number of halogens is 2. The maximum Gasteiger partial charge on any atom is 0.318 e. The van der Waals surface area contributed by atoms with Crippen LogP contribution in [0.4, 0.5) is 4.79 Å². The number of alkyl halides is 1. The molecule has 2 fully saturated rings. The van der Waals surface area contributed by atoms with Crippen LogP contribution in [-0.2, 0) is 11.2 Å². The molecule has 0 radical (unpaired) electrons. The lowest BCUT2D eigenvalue weighted by Crippen LogP contribution is -2.63. The first-order valence-corrected chi connectivity index (χ1v) is 20.5. The molecule has 272 valence electrons. The average Bonchev–Trinajstić information content (AvgIpc) is 3.53. The van der Waals surface area contributed by atoms with E-state index in [2.05, 4.69) is 115 Å². The third-order valence-electron chi connectivity index (χ3n) is 10.0. The standard InChI is InChI=1S/C38H59Br2N7O2/c1-4-13-30-14-11-18-33(40)36(30)32(34(5-2)41-21-19-39)17-9-10-22-45-26-27-47(38(49)43-31-15-7-6-8-16-31)35(28-45)37(48)42-20-12-23-46-25-24-44(3)29-46/h5,11,14,18,21,24-25,31-32,35H,4,6-10,12-13,15-17,19-20,22-23,26-29H2,1-3H3,(H,42,48)(H,43,49)/b34-5-,41-21?/t32?,35-/m1/s1. The average molecular weight is 806 g/mol. The SMILES string of the molecule is C/C=C(\N=CCBr)C(CCCCN1CCN(C(=O)NC2CCCCC2)[C@@H](C(=O)NCCCN2C=CN(C)C2)C1)c1c(Br)cccc1CCC. The van der Waals surface area contributed by atoms with Gasteiger partial charge in [-0.05, 0) is 69.2 Å². The fourth-order valence-electron chi connectivity index (χ4n) is 7.45. The van der Waals surface area contributed by atoms with Gasteiger partial charge in [0.25, 0.3) is 0 Å². The zero-order valence-electron chi connectivity index (χ0n) is 30.0. The molecule has 1 unspecified atom stereocenters. The van der Waals surface area contributed by atoms with Gasteiger partial charge in [-0.1, -0.05) is 89.1 Å². The van der Waals surface area contributed by atoms with Gasteiger partial charge < -0.3 is 25.3 Å². The summed E-state index contributed by atoms with van der Waals surface area (Å²) in [6.07, 6.45) is 19.9. The van der Waals surface area contributed by atoms with Crippen LogP contribution in [0.15, 0.2) is 51.8 Å². The number of urea groups is 1. The summed E-state index contributed by atoms with van der Waals surface area (Å²) in [5, 5.41) is 7.17. The van der Waals surface area contributed by atoms with Crippen LogP contribution in [0.2, 0.25) is 0 Å². The van der Waals surface area contributed by atoms with Crippen molar-refractivity contribution in [2.75, 3.05) is 58.3 Å². The number of piperazine rings is 1. The molecule has 3 aliphatic rings. The number of benzene rings is 1. The molecule has 1 aromatic carbocycles. The van der Waals surface area contributed by atoms with Crippen LogP contribution >= 0.6 is 31.9 Å². The molecule has 2 atom stereocenters. The van der Waals surface area contributed by atoms with E-state index in [1.807, 2.05) is 6.21 Å². The molecular formula is C38H59Br2N7O2. The van der Waals surface area contributed by atoms with Gasteiger partial charge in [0, 0.05) is 85.8 Å². The van der Waals surface area contributed by atoms with Gasteiger partial charge in [-0.15, -0.1) is 0 Å². The van der Waals surface area contributed by atoms with E-state index in [9.17, 15) is 9.59 Å². The van der Waals surface area contributed by atoms with Crippen molar-refractivity contribution >= 4 is 50.0 Å². The molecule has 3 amide bonds. The van der Waals surface area contributed by atoms with Gasteiger partial charge in [0.1, 0.15) is 6.04 Å². The molecule has 2 N–H and O–H groups in total. The Balaban J connectivity index is 1.37. The molecular weight excluding hydrogens is 746 g/mol. The van der Waals surface area contributed by atoms with Gasteiger partial charge in [-0.2, -0.15) is 0 Å². The highest BCUT2D eigenvalue weighted by atomic mass is 79.9. The van der Waals surface area contributed by atoms with Crippen molar-refractivity contribution < 1.29 is 9.59 Å². The highest BCUT2D eigenvalue weighted by Crippen LogP contribution is 2.38. The summed E-state index contributed by atoms with van der Waals surface area (Å²) in [5.41, 5.74) is 3.84.